The second kappa shape index (κ2) is 13.0. The third-order valence-corrected chi connectivity index (χ3v) is 1.82. The van der Waals surface area contributed by atoms with Crippen molar-refractivity contribution in [1.29, 1.82) is 0 Å². The van der Waals surface area contributed by atoms with Crippen molar-refractivity contribution >= 4 is 12.4 Å². The summed E-state index contributed by atoms with van der Waals surface area (Å²) in [5.74, 6) is 0. The van der Waals surface area contributed by atoms with Gasteiger partial charge in [0.1, 0.15) is 0 Å². The van der Waals surface area contributed by atoms with Crippen molar-refractivity contribution in [1.82, 2.24) is 4.98 Å². The summed E-state index contributed by atoms with van der Waals surface area (Å²) in [4.78, 5) is 12.8. The molecule has 0 spiro atoms. The van der Waals surface area contributed by atoms with Gasteiger partial charge >= 0.3 is 16.8 Å². The van der Waals surface area contributed by atoms with E-state index in [1.165, 1.54) is 5.56 Å². The van der Waals surface area contributed by atoms with Crippen LogP contribution >= 0.6 is 0 Å². The van der Waals surface area contributed by atoms with Gasteiger partial charge in [0.15, 0.2) is 0 Å². The molecule has 0 aliphatic heterocycles. The Morgan fingerprint density at radius 3 is 1.72 bits per heavy atom. The molecule has 1 aromatic rings. The minimum atomic E-state index is 0. The average Bonchev–Trinajstić information content (AvgIpc) is 2.23. The number of aliphatic imine (C=N–C) groups is 2. The molecule has 1 aromatic heterocycles. The van der Waals surface area contributed by atoms with Crippen LogP contribution in [0.5, 0.6) is 0 Å². The molecule has 103 valence electrons. The van der Waals surface area contributed by atoms with Crippen LogP contribution in [0.3, 0.4) is 0 Å². The summed E-state index contributed by atoms with van der Waals surface area (Å²) >= 11 is 0. The van der Waals surface area contributed by atoms with E-state index in [0.29, 0.717) is 0 Å². The molecule has 0 amide bonds. The second-order valence-corrected chi connectivity index (χ2v) is 3.25. The van der Waals surface area contributed by atoms with E-state index in [4.69, 9.17) is 0 Å². The molecule has 0 aliphatic rings. The smallest absolute Gasteiger partial charge is 1.00 e. The molecule has 1 radical (unpaired) electrons. The van der Waals surface area contributed by atoms with Gasteiger partial charge in [0.25, 0.3) is 0 Å². The van der Waals surface area contributed by atoms with E-state index >= 15 is 0 Å². The van der Waals surface area contributed by atoms with Crippen LogP contribution in [0.15, 0.2) is 22.1 Å². The minimum Gasteiger partial charge on any atom is -1.00 e. The Hall–Kier alpha value is -0.424. The fraction of sp³-hybridized carbons (Fsp3) is 0.417. The molecule has 0 unspecified atom stereocenters. The van der Waals surface area contributed by atoms with Gasteiger partial charge in [-0.15, -0.1) is 0 Å². The van der Waals surface area contributed by atoms with E-state index in [0.717, 1.165) is 24.5 Å². The molecule has 1 rings (SSSR count). The van der Waals surface area contributed by atoms with E-state index in [9.17, 15) is 0 Å². The minimum absolute atomic E-state index is 0. The van der Waals surface area contributed by atoms with Gasteiger partial charge in [-0.25, -0.2) is 4.98 Å². The standard InChI is InChI=1S/C12H17N3.2ClH.Co/c1-4-13-8-11-6-10(3)7-12(15-11)9-14-5-2;;;/h6-9H,4-5H2,1-3H3;2*1H;/q;;;+2/p-2. The summed E-state index contributed by atoms with van der Waals surface area (Å²) in [6.07, 6.45) is 3.60. The van der Waals surface area contributed by atoms with Crippen LogP contribution in [0.4, 0.5) is 0 Å². The predicted octanol–water partition coefficient (Wildman–Crippen LogP) is -3.73. The number of pyridine rings is 1. The third kappa shape index (κ3) is 8.64. The summed E-state index contributed by atoms with van der Waals surface area (Å²) < 4.78 is 0. The SMILES string of the molecule is CCN=Cc1cc(C)cc(C=NCC)n1.[Cl-].[Cl-].[Co+2]. The molecular weight excluding hydrogens is 316 g/mol. The van der Waals surface area contributed by atoms with Gasteiger partial charge in [-0.2, -0.15) is 0 Å². The van der Waals surface area contributed by atoms with Crippen LogP contribution in [0, 0.1) is 6.92 Å². The Kier molecular flexibility index (Phi) is 16.4. The number of halogens is 2. The quantitative estimate of drug-likeness (QED) is 0.522. The van der Waals surface area contributed by atoms with Crippen molar-refractivity contribution in [3.05, 3.63) is 29.1 Å². The summed E-state index contributed by atoms with van der Waals surface area (Å²) in [5.41, 5.74) is 2.98. The van der Waals surface area contributed by atoms with Crippen LogP contribution in [0.1, 0.15) is 30.8 Å². The van der Waals surface area contributed by atoms with Crippen molar-refractivity contribution in [2.75, 3.05) is 13.1 Å². The number of hydrogen-bond acceptors (Lipinski definition) is 3. The van der Waals surface area contributed by atoms with Gasteiger partial charge < -0.3 is 24.8 Å². The van der Waals surface area contributed by atoms with Crippen LogP contribution in [0.25, 0.3) is 0 Å². The van der Waals surface area contributed by atoms with Gasteiger partial charge in [0.2, 0.25) is 0 Å². The molecule has 0 saturated heterocycles. The van der Waals surface area contributed by atoms with Crippen molar-refractivity contribution in [2.24, 2.45) is 9.98 Å². The van der Waals surface area contributed by atoms with Crippen molar-refractivity contribution < 1.29 is 41.6 Å². The first kappa shape index (κ1) is 22.7. The summed E-state index contributed by atoms with van der Waals surface area (Å²) in [6.45, 7) is 7.63. The summed E-state index contributed by atoms with van der Waals surface area (Å²) in [7, 11) is 0. The molecule has 1 heterocycles. The van der Waals surface area contributed by atoms with Gasteiger partial charge in [0, 0.05) is 25.5 Å². The first-order valence-corrected chi connectivity index (χ1v) is 5.24. The van der Waals surface area contributed by atoms with Crippen molar-refractivity contribution in [3.8, 4) is 0 Å². The Labute approximate surface area is 132 Å². The van der Waals surface area contributed by atoms with Gasteiger partial charge in [-0.05, 0) is 38.5 Å². The number of hydrogen-bond donors (Lipinski definition) is 0. The van der Waals surface area contributed by atoms with Crippen molar-refractivity contribution in [2.45, 2.75) is 20.8 Å². The maximum atomic E-state index is 4.41. The predicted molar refractivity (Wildman–Crippen MR) is 65.2 cm³/mol. The average molecular weight is 333 g/mol. The van der Waals surface area contributed by atoms with Crippen LogP contribution in [0.2, 0.25) is 0 Å². The Bertz CT molecular complexity index is 349. The van der Waals surface area contributed by atoms with E-state index < -0.39 is 0 Å². The fourth-order valence-electron chi connectivity index (χ4n) is 1.22. The topological polar surface area (TPSA) is 37.6 Å². The number of rotatable bonds is 4. The fourth-order valence-corrected chi connectivity index (χ4v) is 1.22. The molecule has 0 aromatic carbocycles. The maximum absolute atomic E-state index is 4.41. The number of aryl methyl sites for hydroxylation is 1. The van der Waals surface area contributed by atoms with Gasteiger partial charge in [0.05, 0.1) is 11.4 Å². The molecule has 0 N–H and O–H groups in total. The Balaban J connectivity index is -0.000000750. The molecule has 18 heavy (non-hydrogen) atoms. The zero-order valence-corrected chi connectivity index (χ0v) is 13.2. The molecule has 0 bridgehead atoms. The van der Waals surface area contributed by atoms with Crippen LogP contribution in [-0.2, 0) is 16.8 Å². The molecule has 3 nitrogen and oxygen atoms in total. The summed E-state index contributed by atoms with van der Waals surface area (Å²) in [5, 5.41) is 0. The molecule has 0 aliphatic carbocycles. The van der Waals surface area contributed by atoms with E-state index in [1.807, 2.05) is 32.9 Å². The summed E-state index contributed by atoms with van der Waals surface area (Å²) in [6, 6.07) is 4.03. The number of nitrogens with zero attached hydrogens (tertiary/aromatic N) is 3. The largest absolute Gasteiger partial charge is 2.00 e. The third-order valence-electron chi connectivity index (χ3n) is 1.82. The zero-order chi connectivity index (χ0) is 11.1. The monoisotopic (exact) mass is 332 g/mol. The van der Waals surface area contributed by atoms with E-state index in [-0.39, 0.29) is 41.6 Å². The normalized spacial score (nSPS) is 9.72. The zero-order valence-electron chi connectivity index (χ0n) is 10.7. The maximum Gasteiger partial charge on any atom is 2.00 e. The van der Waals surface area contributed by atoms with E-state index in [2.05, 4.69) is 15.0 Å². The van der Waals surface area contributed by atoms with Crippen LogP contribution in [-0.4, -0.2) is 30.5 Å². The molecule has 0 saturated carbocycles. The van der Waals surface area contributed by atoms with Crippen LogP contribution < -0.4 is 24.8 Å². The number of aromatic nitrogens is 1. The first-order valence-electron chi connectivity index (χ1n) is 5.24. The molecule has 0 fully saturated rings. The van der Waals surface area contributed by atoms with E-state index in [1.54, 1.807) is 12.4 Å². The van der Waals surface area contributed by atoms with Crippen molar-refractivity contribution in [3.63, 3.8) is 0 Å². The van der Waals surface area contributed by atoms with Gasteiger partial charge in [-0.3, -0.25) is 9.98 Å². The molecular formula is C12H17Cl2CoN3. The molecule has 6 heteroatoms. The Morgan fingerprint density at radius 1 is 1.00 bits per heavy atom. The Morgan fingerprint density at radius 2 is 1.39 bits per heavy atom. The molecule has 0 atom stereocenters. The van der Waals surface area contributed by atoms with Gasteiger partial charge in [-0.1, -0.05) is 0 Å². The first-order chi connectivity index (χ1) is 7.26. The second-order valence-electron chi connectivity index (χ2n) is 3.25.